The predicted molar refractivity (Wildman–Crippen MR) is 145 cm³/mol. The van der Waals surface area contributed by atoms with E-state index in [0.717, 1.165) is 30.4 Å². The number of anilines is 1. The van der Waals surface area contributed by atoms with Crippen molar-refractivity contribution in [3.63, 3.8) is 0 Å². The minimum atomic E-state index is -0.260. The summed E-state index contributed by atoms with van der Waals surface area (Å²) in [6.07, 6.45) is 7.21. The van der Waals surface area contributed by atoms with Gasteiger partial charge in [0.05, 0.1) is 25.7 Å². The van der Waals surface area contributed by atoms with E-state index in [1.54, 1.807) is 7.11 Å². The number of piperazine rings is 1. The Morgan fingerprint density at radius 1 is 1.00 bits per heavy atom. The number of hydrogen-bond acceptors (Lipinski definition) is 6. The van der Waals surface area contributed by atoms with Crippen molar-refractivity contribution >= 4 is 17.6 Å². The van der Waals surface area contributed by atoms with Crippen molar-refractivity contribution in [1.82, 2.24) is 15.2 Å². The van der Waals surface area contributed by atoms with Crippen LogP contribution in [0, 0.1) is 5.92 Å². The molecule has 202 valence electrons. The Bertz CT molecular complexity index is 1150. The molecular weight excluding hydrogens is 480 g/mol. The second kappa shape index (κ2) is 11.0. The highest BCUT2D eigenvalue weighted by molar-refractivity contribution is 5.94. The predicted octanol–water partition coefficient (Wildman–Crippen LogP) is 3.29. The molecule has 8 nitrogen and oxygen atoms in total. The number of carbonyl (C=O) groups excluding carboxylic acids is 2. The van der Waals surface area contributed by atoms with E-state index >= 15 is 0 Å². The molecule has 1 aromatic heterocycles. The monoisotopic (exact) mass is 518 g/mol. The van der Waals surface area contributed by atoms with Crippen LogP contribution in [0.2, 0.25) is 0 Å². The van der Waals surface area contributed by atoms with E-state index in [4.69, 9.17) is 14.5 Å². The lowest BCUT2D eigenvalue weighted by atomic mass is 9.88. The Hall–Kier alpha value is -2.97. The maximum Gasteiger partial charge on any atom is 0.253 e. The first-order chi connectivity index (χ1) is 18.6. The van der Waals surface area contributed by atoms with E-state index in [2.05, 4.69) is 22.5 Å². The highest BCUT2D eigenvalue weighted by atomic mass is 16.5. The minimum Gasteiger partial charge on any atom is -0.382 e. The third kappa shape index (κ3) is 5.43. The van der Waals surface area contributed by atoms with E-state index in [-0.39, 0.29) is 23.7 Å². The van der Waals surface area contributed by atoms with Gasteiger partial charge in [0.15, 0.2) is 0 Å². The Kier molecular flexibility index (Phi) is 7.34. The van der Waals surface area contributed by atoms with Crippen LogP contribution in [0.15, 0.2) is 36.5 Å². The largest absolute Gasteiger partial charge is 0.382 e. The van der Waals surface area contributed by atoms with E-state index in [1.165, 1.54) is 36.8 Å². The van der Waals surface area contributed by atoms with Gasteiger partial charge in [0, 0.05) is 57.5 Å². The van der Waals surface area contributed by atoms with Gasteiger partial charge in [-0.1, -0.05) is 18.2 Å². The molecule has 2 aromatic rings. The summed E-state index contributed by atoms with van der Waals surface area (Å²) in [5, 5.41) is 2.96. The van der Waals surface area contributed by atoms with Crippen LogP contribution in [0.1, 0.15) is 70.5 Å². The summed E-state index contributed by atoms with van der Waals surface area (Å²) in [4.78, 5) is 35.1. The lowest BCUT2D eigenvalue weighted by molar-refractivity contribution is -0.120. The van der Waals surface area contributed by atoms with Crippen molar-refractivity contribution in [3.05, 3.63) is 58.8 Å². The summed E-state index contributed by atoms with van der Waals surface area (Å²) in [6, 6.07) is 9.99. The lowest BCUT2D eigenvalue weighted by Gasteiger charge is -2.36. The fourth-order valence-corrected chi connectivity index (χ4v) is 5.86. The number of amides is 2. The zero-order valence-corrected chi connectivity index (χ0v) is 22.2. The molecule has 8 heteroatoms. The number of methoxy groups -OCH3 is 1. The molecule has 1 N–H and O–H groups in total. The number of rotatable bonds is 10. The molecule has 3 heterocycles. The summed E-state index contributed by atoms with van der Waals surface area (Å²) < 4.78 is 10.7. The molecule has 2 aliphatic carbocycles. The smallest absolute Gasteiger partial charge is 0.253 e. The van der Waals surface area contributed by atoms with Crippen LogP contribution in [0.4, 0.5) is 5.82 Å². The average Bonchev–Trinajstić information content (AvgIpc) is 3.88. The lowest BCUT2D eigenvalue weighted by Crippen LogP contribution is -2.49. The van der Waals surface area contributed by atoms with Gasteiger partial charge in [0.1, 0.15) is 5.82 Å². The Morgan fingerprint density at radius 3 is 2.42 bits per heavy atom. The quantitative estimate of drug-likeness (QED) is 0.486. The minimum absolute atomic E-state index is 0.0184. The average molecular weight is 519 g/mol. The molecule has 0 radical (unpaired) electrons. The maximum atomic E-state index is 13.3. The summed E-state index contributed by atoms with van der Waals surface area (Å²) >= 11 is 0. The first kappa shape index (κ1) is 25.3. The number of pyridine rings is 1. The Labute approximate surface area is 224 Å². The van der Waals surface area contributed by atoms with E-state index < -0.39 is 0 Å². The van der Waals surface area contributed by atoms with Crippen LogP contribution in [-0.2, 0) is 14.3 Å². The molecule has 0 spiro atoms. The molecule has 0 bridgehead atoms. The second-order valence-corrected chi connectivity index (χ2v) is 11.2. The van der Waals surface area contributed by atoms with Crippen LogP contribution in [0.25, 0.3) is 0 Å². The Balaban J connectivity index is 1.07. The van der Waals surface area contributed by atoms with Gasteiger partial charge >= 0.3 is 0 Å². The third-order valence-electron chi connectivity index (χ3n) is 8.42. The number of carbonyl (C=O) groups is 2. The van der Waals surface area contributed by atoms with Gasteiger partial charge in [-0.3, -0.25) is 9.59 Å². The zero-order chi connectivity index (χ0) is 26.1. The first-order valence-electron chi connectivity index (χ1n) is 14.1. The molecule has 2 saturated carbocycles. The highest BCUT2D eigenvalue weighted by Crippen LogP contribution is 2.47. The summed E-state index contributed by atoms with van der Waals surface area (Å²) in [5.74, 6) is 2.39. The number of hydrogen-bond donors (Lipinski definition) is 1. The molecule has 38 heavy (non-hydrogen) atoms. The van der Waals surface area contributed by atoms with Crippen molar-refractivity contribution in [2.45, 2.75) is 43.4 Å². The number of aromatic nitrogens is 1. The second-order valence-electron chi connectivity index (χ2n) is 11.2. The van der Waals surface area contributed by atoms with Crippen LogP contribution >= 0.6 is 0 Å². The topological polar surface area (TPSA) is 84.0 Å². The third-order valence-corrected chi connectivity index (χ3v) is 8.42. The molecule has 2 amide bonds. The fourth-order valence-electron chi connectivity index (χ4n) is 5.86. The Morgan fingerprint density at radius 2 is 1.74 bits per heavy atom. The van der Waals surface area contributed by atoms with Crippen molar-refractivity contribution in [2.24, 2.45) is 5.92 Å². The van der Waals surface area contributed by atoms with Gasteiger partial charge in [-0.2, -0.15) is 0 Å². The molecule has 4 fully saturated rings. The first-order valence-corrected chi connectivity index (χ1v) is 14.1. The molecule has 2 aliphatic heterocycles. The molecule has 1 aromatic carbocycles. The van der Waals surface area contributed by atoms with Gasteiger partial charge in [-0.25, -0.2) is 4.98 Å². The van der Waals surface area contributed by atoms with Crippen LogP contribution in [0.5, 0.6) is 0 Å². The van der Waals surface area contributed by atoms with E-state index in [0.29, 0.717) is 50.9 Å². The van der Waals surface area contributed by atoms with Gasteiger partial charge < -0.3 is 24.6 Å². The number of ether oxygens (including phenoxy) is 2. The van der Waals surface area contributed by atoms with Gasteiger partial charge in [0.2, 0.25) is 5.91 Å². The number of nitrogens with zero attached hydrogens (tertiary/aromatic N) is 3. The number of nitrogens with one attached hydrogen (secondary N) is 1. The molecule has 1 unspecified atom stereocenters. The van der Waals surface area contributed by atoms with E-state index in [1.807, 2.05) is 29.2 Å². The van der Waals surface area contributed by atoms with Crippen LogP contribution in [0.3, 0.4) is 0 Å². The van der Waals surface area contributed by atoms with Crippen molar-refractivity contribution in [3.8, 4) is 0 Å². The maximum absolute atomic E-state index is 13.3. The van der Waals surface area contributed by atoms with Gasteiger partial charge in [-0.15, -0.1) is 0 Å². The van der Waals surface area contributed by atoms with Crippen LogP contribution < -0.4 is 10.2 Å². The van der Waals surface area contributed by atoms with Crippen LogP contribution in [-0.4, -0.2) is 81.4 Å². The van der Waals surface area contributed by atoms with Gasteiger partial charge in [-0.05, 0) is 66.3 Å². The SMILES string of the molecule is COCCOCC1CNC(=O)[C@H]1c1ccc(C(=O)N2CCN(c3ncc(C4CC4)cc3C3CC3)CC2)cc1. The normalized spacial score (nSPS) is 23.6. The highest BCUT2D eigenvalue weighted by Gasteiger charge is 2.36. The van der Waals surface area contributed by atoms with Crippen molar-refractivity contribution < 1.29 is 19.1 Å². The van der Waals surface area contributed by atoms with Crippen molar-refractivity contribution in [2.75, 3.05) is 64.6 Å². The van der Waals surface area contributed by atoms with Gasteiger partial charge in [0.25, 0.3) is 5.91 Å². The summed E-state index contributed by atoms with van der Waals surface area (Å²) in [6.45, 7) is 5.11. The standard InChI is InChI=1S/C30H38N4O4/c1-37-14-15-38-19-25-18-32-29(35)27(25)22-6-8-23(9-7-22)30(36)34-12-10-33(11-13-34)28-26(21-4-5-21)16-24(17-31-28)20-2-3-20/h6-9,16-17,20-21,25,27H,2-5,10-15,18-19H2,1H3,(H,32,35)/t25?,27-/m0/s1. The molecule has 4 aliphatic rings. The zero-order valence-electron chi connectivity index (χ0n) is 22.2. The summed E-state index contributed by atoms with van der Waals surface area (Å²) in [5.41, 5.74) is 4.42. The fraction of sp³-hybridized carbons (Fsp3) is 0.567. The van der Waals surface area contributed by atoms with E-state index in [9.17, 15) is 9.59 Å². The van der Waals surface area contributed by atoms with Crippen molar-refractivity contribution in [1.29, 1.82) is 0 Å². The number of benzene rings is 1. The summed E-state index contributed by atoms with van der Waals surface area (Å²) in [7, 11) is 1.64. The molecule has 6 rings (SSSR count). The molecule has 2 atom stereocenters. The molecule has 2 saturated heterocycles. The molecular formula is C30H38N4O4.